The van der Waals surface area contributed by atoms with E-state index in [4.69, 9.17) is 4.74 Å². The Bertz CT molecular complexity index is 532. The van der Waals surface area contributed by atoms with Crippen LogP contribution in [0.3, 0.4) is 0 Å². The Balaban J connectivity index is 2.09. The predicted octanol–water partition coefficient (Wildman–Crippen LogP) is 2.75. The van der Waals surface area contributed by atoms with Crippen LogP contribution in [0.15, 0.2) is 29.3 Å². The second-order valence-electron chi connectivity index (χ2n) is 6.23. The van der Waals surface area contributed by atoms with Gasteiger partial charge in [0.15, 0.2) is 5.96 Å². The van der Waals surface area contributed by atoms with Gasteiger partial charge in [-0.1, -0.05) is 24.6 Å². The standard InChI is InChI=1S/C19H32N4OS/c1-20-19(21-11-14-25-3)22-15-17(23-12-7-4-8-13-23)16-9-5-6-10-18(16)24-2/h5-6,9-10,17H,4,7-8,11-15H2,1-3H3,(H2,20,21,22). The van der Waals surface area contributed by atoms with Gasteiger partial charge < -0.3 is 15.4 Å². The van der Waals surface area contributed by atoms with Crippen molar-refractivity contribution in [3.63, 3.8) is 0 Å². The fraction of sp³-hybridized carbons (Fsp3) is 0.632. The number of para-hydroxylation sites is 1. The van der Waals surface area contributed by atoms with Gasteiger partial charge in [0.1, 0.15) is 5.75 Å². The largest absolute Gasteiger partial charge is 0.496 e. The van der Waals surface area contributed by atoms with E-state index in [1.807, 2.05) is 24.9 Å². The lowest BCUT2D eigenvalue weighted by Gasteiger charge is -2.35. The molecule has 0 amide bonds. The van der Waals surface area contributed by atoms with Crippen LogP contribution in [0.1, 0.15) is 30.9 Å². The van der Waals surface area contributed by atoms with Gasteiger partial charge in [-0.25, -0.2) is 0 Å². The van der Waals surface area contributed by atoms with E-state index in [-0.39, 0.29) is 6.04 Å². The number of thioether (sulfide) groups is 1. The molecule has 1 unspecified atom stereocenters. The van der Waals surface area contributed by atoms with Crippen molar-refractivity contribution in [3.8, 4) is 5.75 Å². The molecule has 0 bridgehead atoms. The maximum absolute atomic E-state index is 5.63. The molecule has 1 heterocycles. The molecule has 1 aromatic carbocycles. The highest BCUT2D eigenvalue weighted by Gasteiger charge is 2.24. The van der Waals surface area contributed by atoms with Crippen molar-refractivity contribution in [2.75, 3.05) is 52.3 Å². The highest BCUT2D eigenvalue weighted by atomic mass is 32.2. The number of aliphatic imine (C=N–C) groups is 1. The molecule has 2 rings (SSSR count). The van der Waals surface area contributed by atoms with Crippen molar-refractivity contribution in [1.29, 1.82) is 0 Å². The smallest absolute Gasteiger partial charge is 0.191 e. The van der Waals surface area contributed by atoms with Crippen LogP contribution >= 0.6 is 11.8 Å². The van der Waals surface area contributed by atoms with Crippen molar-refractivity contribution in [2.45, 2.75) is 25.3 Å². The van der Waals surface area contributed by atoms with Crippen LogP contribution in [0.5, 0.6) is 5.75 Å². The molecule has 1 fully saturated rings. The van der Waals surface area contributed by atoms with Crippen LogP contribution in [0.25, 0.3) is 0 Å². The van der Waals surface area contributed by atoms with Crippen LogP contribution < -0.4 is 15.4 Å². The van der Waals surface area contributed by atoms with E-state index in [1.165, 1.54) is 24.8 Å². The van der Waals surface area contributed by atoms with Crippen molar-refractivity contribution in [3.05, 3.63) is 29.8 Å². The summed E-state index contributed by atoms with van der Waals surface area (Å²) in [5.74, 6) is 2.90. The number of hydrogen-bond acceptors (Lipinski definition) is 4. The number of likely N-dealkylation sites (tertiary alicyclic amines) is 1. The molecule has 1 aliphatic heterocycles. The van der Waals surface area contributed by atoms with E-state index < -0.39 is 0 Å². The average molecular weight is 365 g/mol. The number of nitrogens with one attached hydrogen (secondary N) is 2. The molecule has 25 heavy (non-hydrogen) atoms. The summed E-state index contributed by atoms with van der Waals surface area (Å²) < 4.78 is 5.63. The zero-order valence-electron chi connectivity index (χ0n) is 15.8. The summed E-state index contributed by atoms with van der Waals surface area (Å²) in [5.41, 5.74) is 1.25. The lowest BCUT2D eigenvalue weighted by atomic mass is 10.0. The van der Waals surface area contributed by atoms with Crippen LogP contribution in [0, 0.1) is 0 Å². The summed E-state index contributed by atoms with van der Waals surface area (Å²) >= 11 is 1.83. The Kier molecular flexibility index (Phi) is 8.97. The van der Waals surface area contributed by atoms with Crippen molar-refractivity contribution < 1.29 is 4.74 Å². The van der Waals surface area contributed by atoms with Gasteiger partial charge in [-0.3, -0.25) is 9.89 Å². The summed E-state index contributed by atoms with van der Waals surface area (Å²) in [6.07, 6.45) is 5.99. The number of ether oxygens (including phenoxy) is 1. The molecule has 1 atom stereocenters. The molecule has 0 spiro atoms. The molecular formula is C19H32N4OS. The van der Waals surface area contributed by atoms with Crippen LogP contribution in [0.2, 0.25) is 0 Å². The lowest BCUT2D eigenvalue weighted by Crippen LogP contribution is -2.45. The number of nitrogens with zero attached hydrogens (tertiary/aromatic N) is 2. The van der Waals surface area contributed by atoms with Crippen LogP contribution in [-0.4, -0.2) is 63.2 Å². The molecule has 2 N–H and O–H groups in total. The van der Waals surface area contributed by atoms with Gasteiger partial charge in [-0.15, -0.1) is 0 Å². The van der Waals surface area contributed by atoms with Gasteiger partial charge in [0.2, 0.25) is 0 Å². The molecular weight excluding hydrogens is 332 g/mol. The summed E-state index contributed by atoms with van der Waals surface area (Å²) in [4.78, 5) is 6.92. The van der Waals surface area contributed by atoms with E-state index in [0.717, 1.165) is 43.6 Å². The highest BCUT2D eigenvalue weighted by Crippen LogP contribution is 2.30. The van der Waals surface area contributed by atoms with E-state index in [0.29, 0.717) is 0 Å². The SMILES string of the molecule is CN=C(NCCSC)NCC(c1ccccc1OC)N1CCCCC1. The Morgan fingerprint density at radius 3 is 2.68 bits per heavy atom. The van der Waals surface area contributed by atoms with Gasteiger partial charge >= 0.3 is 0 Å². The number of rotatable bonds is 8. The quantitative estimate of drug-likeness (QED) is 0.422. The van der Waals surface area contributed by atoms with Crippen molar-refractivity contribution in [1.82, 2.24) is 15.5 Å². The number of benzene rings is 1. The predicted molar refractivity (Wildman–Crippen MR) is 109 cm³/mol. The first-order chi connectivity index (χ1) is 12.3. The number of guanidine groups is 1. The fourth-order valence-corrected chi connectivity index (χ4v) is 3.60. The maximum Gasteiger partial charge on any atom is 0.191 e. The minimum Gasteiger partial charge on any atom is -0.496 e. The first-order valence-electron chi connectivity index (χ1n) is 9.10. The second kappa shape index (κ2) is 11.3. The van der Waals surface area contributed by atoms with Crippen LogP contribution in [0.4, 0.5) is 0 Å². The summed E-state index contributed by atoms with van der Waals surface area (Å²) in [6.45, 7) is 4.02. The van der Waals surface area contributed by atoms with E-state index in [1.54, 1.807) is 7.11 Å². The minimum atomic E-state index is 0.288. The Hall–Kier alpha value is -1.40. The molecule has 1 aliphatic rings. The topological polar surface area (TPSA) is 48.9 Å². The molecule has 1 aromatic rings. The summed E-state index contributed by atoms with van der Waals surface area (Å²) in [6, 6.07) is 8.66. The fourth-order valence-electron chi connectivity index (χ4n) is 3.29. The normalized spacial score (nSPS) is 17.2. The van der Waals surface area contributed by atoms with Gasteiger partial charge in [-0.2, -0.15) is 11.8 Å². The third-order valence-electron chi connectivity index (χ3n) is 4.61. The molecule has 6 heteroatoms. The molecule has 1 saturated heterocycles. The third kappa shape index (κ3) is 6.12. The van der Waals surface area contributed by atoms with Gasteiger partial charge in [0.25, 0.3) is 0 Å². The Labute approximate surface area is 156 Å². The second-order valence-corrected chi connectivity index (χ2v) is 7.21. The number of piperidine rings is 1. The number of methoxy groups -OCH3 is 1. The molecule has 0 saturated carbocycles. The molecule has 0 aliphatic carbocycles. The van der Waals surface area contributed by atoms with Crippen LogP contribution in [-0.2, 0) is 0 Å². The first kappa shape index (κ1) is 19.9. The van der Waals surface area contributed by atoms with Gasteiger partial charge in [0, 0.05) is 31.5 Å². The van der Waals surface area contributed by atoms with Crippen molar-refractivity contribution in [2.24, 2.45) is 4.99 Å². The number of hydrogen-bond donors (Lipinski definition) is 2. The van der Waals surface area contributed by atoms with E-state index >= 15 is 0 Å². The first-order valence-corrected chi connectivity index (χ1v) is 10.5. The van der Waals surface area contributed by atoms with E-state index in [9.17, 15) is 0 Å². The molecule has 0 aromatic heterocycles. The van der Waals surface area contributed by atoms with Crippen molar-refractivity contribution >= 4 is 17.7 Å². The van der Waals surface area contributed by atoms with Gasteiger partial charge in [0.05, 0.1) is 13.2 Å². The lowest BCUT2D eigenvalue weighted by molar-refractivity contribution is 0.161. The average Bonchev–Trinajstić information content (AvgIpc) is 2.68. The zero-order chi connectivity index (χ0) is 17.9. The molecule has 5 nitrogen and oxygen atoms in total. The minimum absolute atomic E-state index is 0.288. The Morgan fingerprint density at radius 1 is 1.24 bits per heavy atom. The molecule has 140 valence electrons. The Morgan fingerprint density at radius 2 is 2.00 bits per heavy atom. The highest BCUT2D eigenvalue weighted by molar-refractivity contribution is 7.98. The monoisotopic (exact) mass is 364 g/mol. The van der Waals surface area contributed by atoms with Gasteiger partial charge in [-0.05, 0) is 38.3 Å². The van der Waals surface area contributed by atoms with E-state index in [2.05, 4.69) is 45.0 Å². The molecule has 0 radical (unpaired) electrons. The third-order valence-corrected chi connectivity index (χ3v) is 5.23. The zero-order valence-corrected chi connectivity index (χ0v) is 16.6. The maximum atomic E-state index is 5.63. The summed E-state index contributed by atoms with van der Waals surface area (Å²) in [7, 11) is 3.58. The summed E-state index contributed by atoms with van der Waals surface area (Å²) in [5, 5.41) is 6.88.